The van der Waals surface area contributed by atoms with Crippen molar-refractivity contribution in [1.29, 1.82) is 0 Å². The van der Waals surface area contributed by atoms with E-state index in [4.69, 9.17) is 13.9 Å². The number of ether oxygens (including phenoxy) is 2. The van der Waals surface area contributed by atoms with Crippen molar-refractivity contribution in [3.8, 4) is 11.5 Å². The topological polar surface area (TPSA) is 60.7 Å². The summed E-state index contributed by atoms with van der Waals surface area (Å²) in [7, 11) is 3.18. The fourth-order valence-electron chi connectivity index (χ4n) is 3.05. The fraction of sp³-hybridized carbons (Fsp3) is 0.286. The molecule has 0 saturated carbocycles. The van der Waals surface area contributed by atoms with Crippen LogP contribution in [0.2, 0.25) is 0 Å². The molecule has 1 heterocycles. The van der Waals surface area contributed by atoms with Crippen molar-refractivity contribution >= 4 is 16.9 Å². The summed E-state index contributed by atoms with van der Waals surface area (Å²) >= 11 is 0. The van der Waals surface area contributed by atoms with E-state index >= 15 is 0 Å². The molecule has 0 saturated heterocycles. The smallest absolute Gasteiger partial charge is 0.224 e. The second-order valence-corrected chi connectivity index (χ2v) is 6.25. The van der Waals surface area contributed by atoms with Crippen LogP contribution >= 0.6 is 0 Å². The Morgan fingerprint density at radius 3 is 2.62 bits per heavy atom. The number of para-hydroxylation sites is 1. The Balaban J connectivity index is 1.72. The van der Waals surface area contributed by atoms with Crippen LogP contribution in [0.4, 0.5) is 0 Å². The summed E-state index contributed by atoms with van der Waals surface area (Å²) in [5, 5.41) is 3.93. The molecule has 0 spiro atoms. The first kappa shape index (κ1) is 17.9. The minimum absolute atomic E-state index is 0.0733. The molecule has 5 heteroatoms. The number of fused-ring (bicyclic) bond motifs is 1. The molecule has 0 fully saturated rings. The standard InChI is InChI=1S/C21H23NO4/c1-13-8-9-17-16(12-26-20(17)14(13)2)10-19(23)22-11-15-6-5-7-18(24-3)21(15)25-4/h5-9,12H,10-11H2,1-4H3,(H,22,23). The minimum atomic E-state index is -0.0733. The highest BCUT2D eigenvalue weighted by Crippen LogP contribution is 2.30. The van der Waals surface area contributed by atoms with Crippen molar-refractivity contribution < 1.29 is 18.7 Å². The number of carbonyl (C=O) groups excluding carboxylic acids is 1. The zero-order valence-electron chi connectivity index (χ0n) is 15.5. The van der Waals surface area contributed by atoms with Gasteiger partial charge in [0.1, 0.15) is 5.58 Å². The SMILES string of the molecule is COc1cccc(CNC(=O)Cc2coc3c(C)c(C)ccc23)c1OC. The normalized spacial score (nSPS) is 10.8. The number of aryl methyl sites for hydroxylation is 2. The van der Waals surface area contributed by atoms with Gasteiger partial charge in [-0.25, -0.2) is 0 Å². The Morgan fingerprint density at radius 2 is 1.88 bits per heavy atom. The number of carbonyl (C=O) groups is 1. The van der Waals surface area contributed by atoms with Gasteiger partial charge in [0, 0.05) is 23.1 Å². The van der Waals surface area contributed by atoms with Gasteiger partial charge in [0.25, 0.3) is 0 Å². The van der Waals surface area contributed by atoms with Crippen LogP contribution in [0, 0.1) is 13.8 Å². The maximum atomic E-state index is 12.4. The lowest BCUT2D eigenvalue weighted by Gasteiger charge is -2.13. The van der Waals surface area contributed by atoms with Crippen LogP contribution in [-0.2, 0) is 17.8 Å². The van der Waals surface area contributed by atoms with E-state index < -0.39 is 0 Å². The lowest BCUT2D eigenvalue weighted by molar-refractivity contribution is -0.120. The van der Waals surface area contributed by atoms with Gasteiger partial charge in [-0.2, -0.15) is 0 Å². The zero-order chi connectivity index (χ0) is 18.7. The highest BCUT2D eigenvalue weighted by molar-refractivity contribution is 5.89. The second-order valence-electron chi connectivity index (χ2n) is 6.25. The van der Waals surface area contributed by atoms with E-state index in [1.54, 1.807) is 20.5 Å². The third-order valence-corrected chi connectivity index (χ3v) is 4.65. The van der Waals surface area contributed by atoms with E-state index in [1.165, 1.54) is 5.56 Å². The number of hydrogen-bond donors (Lipinski definition) is 1. The molecular weight excluding hydrogens is 330 g/mol. The van der Waals surface area contributed by atoms with Crippen molar-refractivity contribution in [3.63, 3.8) is 0 Å². The van der Waals surface area contributed by atoms with Crippen LogP contribution in [0.1, 0.15) is 22.3 Å². The predicted molar refractivity (Wildman–Crippen MR) is 101 cm³/mol. The lowest BCUT2D eigenvalue weighted by atomic mass is 10.0. The van der Waals surface area contributed by atoms with Gasteiger partial charge in [-0.15, -0.1) is 0 Å². The van der Waals surface area contributed by atoms with Crippen LogP contribution in [0.15, 0.2) is 41.0 Å². The molecular formula is C21H23NO4. The molecule has 3 aromatic rings. The van der Waals surface area contributed by atoms with E-state index in [0.717, 1.165) is 27.7 Å². The third-order valence-electron chi connectivity index (χ3n) is 4.65. The monoisotopic (exact) mass is 353 g/mol. The van der Waals surface area contributed by atoms with Gasteiger partial charge in [0.15, 0.2) is 11.5 Å². The molecule has 2 aromatic carbocycles. The molecule has 1 aromatic heterocycles. The molecule has 0 atom stereocenters. The number of hydrogen-bond acceptors (Lipinski definition) is 4. The Bertz CT molecular complexity index is 943. The Hall–Kier alpha value is -2.95. The van der Waals surface area contributed by atoms with Crippen molar-refractivity contribution in [2.45, 2.75) is 26.8 Å². The number of methoxy groups -OCH3 is 2. The van der Waals surface area contributed by atoms with Crippen molar-refractivity contribution in [2.75, 3.05) is 14.2 Å². The molecule has 0 aliphatic heterocycles. The molecule has 5 nitrogen and oxygen atoms in total. The maximum absolute atomic E-state index is 12.4. The quantitative estimate of drug-likeness (QED) is 0.729. The Kier molecular flexibility index (Phi) is 5.16. The van der Waals surface area contributed by atoms with Crippen LogP contribution in [0.3, 0.4) is 0 Å². The van der Waals surface area contributed by atoms with Crippen LogP contribution in [0.5, 0.6) is 11.5 Å². The largest absolute Gasteiger partial charge is 0.493 e. The predicted octanol–water partition coefficient (Wildman–Crippen LogP) is 3.93. The van der Waals surface area contributed by atoms with E-state index in [2.05, 4.69) is 11.4 Å². The van der Waals surface area contributed by atoms with E-state index in [0.29, 0.717) is 18.0 Å². The van der Waals surface area contributed by atoms with Gasteiger partial charge in [-0.05, 0) is 31.0 Å². The zero-order valence-corrected chi connectivity index (χ0v) is 15.5. The fourth-order valence-corrected chi connectivity index (χ4v) is 3.05. The third kappa shape index (κ3) is 3.38. The van der Waals surface area contributed by atoms with Crippen LogP contribution in [-0.4, -0.2) is 20.1 Å². The van der Waals surface area contributed by atoms with E-state index in [-0.39, 0.29) is 12.3 Å². The average molecular weight is 353 g/mol. The first-order chi connectivity index (χ1) is 12.5. The average Bonchev–Trinajstić information content (AvgIpc) is 3.05. The summed E-state index contributed by atoms with van der Waals surface area (Å²) in [5.74, 6) is 1.21. The summed E-state index contributed by atoms with van der Waals surface area (Å²) in [6, 6.07) is 9.66. The van der Waals surface area contributed by atoms with Crippen molar-refractivity contribution in [3.05, 3.63) is 58.8 Å². The van der Waals surface area contributed by atoms with Gasteiger partial charge in [0.2, 0.25) is 5.91 Å². The van der Waals surface area contributed by atoms with Gasteiger partial charge in [0.05, 0.1) is 26.9 Å². The van der Waals surface area contributed by atoms with E-state index in [9.17, 15) is 4.79 Å². The van der Waals surface area contributed by atoms with Crippen LogP contribution < -0.4 is 14.8 Å². The number of benzene rings is 2. The minimum Gasteiger partial charge on any atom is -0.493 e. The molecule has 26 heavy (non-hydrogen) atoms. The summed E-state index contributed by atoms with van der Waals surface area (Å²) in [4.78, 5) is 12.4. The molecule has 1 amide bonds. The molecule has 0 aliphatic carbocycles. The van der Waals surface area contributed by atoms with Crippen LogP contribution in [0.25, 0.3) is 11.0 Å². The molecule has 0 bridgehead atoms. The summed E-state index contributed by atoms with van der Waals surface area (Å²) in [6.07, 6.45) is 1.94. The molecule has 0 aliphatic rings. The Labute approximate surface area is 152 Å². The first-order valence-corrected chi connectivity index (χ1v) is 8.48. The van der Waals surface area contributed by atoms with Gasteiger partial charge in [-0.3, -0.25) is 4.79 Å². The van der Waals surface area contributed by atoms with Gasteiger partial charge < -0.3 is 19.2 Å². The van der Waals surface area contributed by atoms with Crippen molar-refractivity contribution in [1.82, 2.24) is 5.32 Å². The Morgan fingerprint density at radius 1 is 1.08 bits per heavy atom. The molecule has 0 unspecified atom stereocenters. The molecule has 0 radical (unpaired) electrons. The molecule has 3 rings (SSSR count). The molecule has 1 N–H and O–H groups in total. The lowest BCUT2D eigenvalue weighted by Crippen LogP contribution is -2.24. The number of furan rings is 1. The number of amides is 1. The summed E-state index contributed by atoms with van der Waals surface area (Å²) in [5.41, 5.74) is 4.88. The van der Waals surface area contributed by atoms with Gasteiger partial charge >= 0.3 is 0 Å². The number of rotatable bonds is 6. The second kappa shape index (κ2) is 7.52. The van der Waals surface area contributed by atoms with E-state index in [1.807, 2.05) is 38.1 Å². The highest BCUT2D eigenvalue weighted by Gasteiger charge is 2.14. The number of nitrogens with one attached hydrogen (secondary N) is 1. The first-order valence-electron chi connectivity index (χ1n) is 8.48. The summed E-state index contributed by atoms with van der Waals surface area (Å²) < 4.78 is 16.4. The molecule has 136 valence electrons. The van der Waals surface area contributed by atoms with Gasteiger partial charge in [-0.1, -0.05) is 24.3 Å². The highest BCUT2D eigenvalue weighted by atomic mass is 16.5. The summed E-state index contributed by atoms with van der Waals surface area (Å²) in [6.45, 7) is 4.44. The van der Waals surface area contributed by atoms with Crippen molar-refractivity contribution in [2.24, 2.45) is 0 Å². The maximum Gasteiger partial charge on any atom is 0.224 e.